The molecule has 0 aliphatic rings. The van der Waals surface area contributed by atoms with E-state index < -0.39 is 0 Å². The molecule has 2 aromatic carbocycles. The Morgan fingerprint density at radius 1 is 1.31 bits per heavy atom. The Kier molecular flexibility index (Phi) is 5.54. The van der Waals surface area contributed by atoms with Gasteiger partial charge in [0.1, 0.15) is 5.82 Å². The average molecular weight is 387 g/mol. The molecule has 3 aromatic rings. The fourth-order valence-electron chi connectivity index (χ4n) is 2.60. The molecule has 134 valence electrons. The second-order valence-electron chi connectivity index (χ2n) is 6.04. The number of thiocarbonyl (C=S) groups is 1. The van der Waals surface area contributed by atoms with E-state index >= 15 is 0 Å². The lowest BCUT2D eigenvalue weighted by Crippen LogP contribution is -2.33. The molecule has 0 unspecified atom stereocenters. The standard InChI is InChI=1S/C19H19ClN4OS/c1-3-5-17(25)24-19(26)21-13-7-4-6-12(9-13)18-22-15-8-11(2)14(20)10-16(15)23-18/h4,6-10H,3,5H2,1-2H3,(H,22,23)(H2,21,24,25,26). The predicted octanol–water partition coefficient (Wildman–Crippen LogP) is 4.80. The van der Waals surface area contributed by atoms with Crippen LogP contribution < -0.4 is 10.6 Å². The monoisotopic (exact) mass is 386 g/mol. The molecule has 7 heteroatoms. The Bertz CT molecular complexity index is 944. The molecular formula is C19H19ClN4OS. The molecule has 5 nitrogen and oxygen atoms in total. The van der Waals surface area contributed by atoms with Crippen molar-refractivity contribution < 1.29 is 4.79 Å². The number of nitrogens with one attached hydrogen (secondary N) is 3. The molecule has 0 saturated heterocycles. The highest BCUT2D eigenvalue weighted by Gasteiger charge is 2.09. The first-order chi connectivity index (χ1) is 12.5. The molecule has 1 aromatic heterocycles. The summed E-state index contributed by atoms with van der Waals surface area (Å²) in [6.07, 6.45) is 1.22. The van der Waals surface area contributed by atoms with Gasteiger partial charge in [0.25, 0.3) is 0 Å². The lowest BCUT2D eigenvalue weighted by molar-refractivity contribution is -0.119. The molecule has 1 amide bonds. The van der Waals surface area contributed by atoms with Gasteiger partial charge >= 0.3 is 0 Å². The van der Waals surface area contributed by atoms with Crippen LogP contribution in [0.3, 0.4) is 0 Å². The number of carbonyl (C=O) groups excluding carboxylic acids is 1. The van der Waals surface area contributed by atoms with Crippen LogP contribution in [0.5, 0.6) is 0 Å². The van der Waals surface area contributed by atoms with Crippen LogP contribution in [0.25, 0.3) is 22.4 Å². The van der Waals surface area contributed by atoms with Gasteiger partial charge in [-0.05, 0) is 55.4 Å². The van der Waals surface area contributed by atoms with Crippen molar-refractivity contribution in [3.05, 3.63) is 47.0 Å². The first-order valence-electron chi connectivity index (χ1n) is 8.33. The predicted molar refractivity (Wildman–Crippen MR) is 111 cm³/mol. The van der Waals surface area contributed by atoms with Crippen molar-refractivity contribution in [2.45, 2.75) is 26.7 Å². The fraction of sp³-hybridized carbons (Fsp3) is 0.211. The second-order valence-corrected chi connectivity index (χ2v) is 6.85. The zero-order chi connectivity index (χ0) is 18.7. The Morgan fingerprint density at radius 2 is 2.12 bits per heavy atom. The average Bonchev–Trinajstić information content (AvgIpc) is 2.98. The molecule has 0 bridgehead atoms. The van der Waals surface area contributed by atoms with Gasteiger partial charge in [-0.2, -0.15) is 0 Å². The van der Waals surface area contributed by atoms with Crippen molar-refractivity contribution in [3.63, 3.8) is 0 Å². The normalized spacial score (nSPS) is 10.7. The van der Waals surface area contributed by atoms with Crippen molar-refractivity contribution in [2.75, 3.05) is 5.32 Å². The van der Waals surface area contributed by atoms with Crippen molar-refractivity contribution in [1.82, 2.24) is 15.3 Å². The summed E-state index contributed by atoms with van der Waals surface area (Å²) in [5.41, 5.74) is 4.43. The minimum atomic E-state index is -0.0920. The summed E-state index contributed by atoms with van der Waals surface area (Å²) >= 11 is 11.4. The van der Waals surface area contributed by atoms with Gasteiger partial charge in [0.05, 0.1) is 11.0 Å². The highest BCUT2D eigenvalue weighted by atomic mass is 35.5. The van der Waals surface area contributed by atoms with Crippen LogP contribution >= 0.6 is 23.8 Å². The molecule has 26 heavy (non-hydrogen) atoms. The number of anilines is 1. The first kappa shape index (κ1) is 18.4. The number of aromatic nitrogens is 2. The van der Waals surface area contributed by atoms with Gasteiger partial charge < -0.3 is 15.6 Å². The van der Waals surface area contributed by atoms with Gasteiger partial charge in [-0.25, -0.2) is 4.98 Å². The van der Waals surface area contributed by atoms with Gasteiger partial charge in [0.2, 0.25) is 5.91 Å². The number of rotatable bonds is 4. The van der Waals surface area contributed by atoms with E-state index in [9.17, 15) is 4.79 Å². The summed E-state index contributed by atoms with van der Waals surface area (Å²) in [4.78, 5) is 19.5. The highest BCUT2D eigenvalue weighted by molar-refractivity contribution is 7.80. The second kappa shape index (κ2) is 7.85. The van der Waals surface area contributed by atoms with E-state index in [0.717, 1.165) is 40.1 Å². The van der Waals surface area contributed by atoms with Crippen LogP contribution in [0.4, 0.5) is 5.69 Å². The number of imidazole rings is 1. The molecular weight excluding hydrogens is 368 g/mol. The fourth-order valence-corrected chi connectivity index (χ4v) is 2.99. The maximum atomic E-state index is 11.6. The lowest BCUT2D eigenvalue weighted by atomic mass is 10.2. The van der Waals surface area contributed by atoms with Crippen LogP contribution in [0.15, 0.2) is 36.4 Å². The maximum Gasteiger partial charge on any atom is 0.226 e. The third kappa shape index (κ3) is 4.20. The van der Waals surface area contributed by atoms with Gasteiger partial charge in [0.15, 0.2) is 5.11 Å². The minimum absolute atomic E-state index is 0.0920. The molecule has 0 saturated carbocycles. The van der Waals surface area contributed by atoms with E-state index in [4.69, 9.17) is 23.8 Å². The van der Waals surface area contributed by atoms with Gasteiger partial charge in [-0.3, -0.25) is 4.79 Å². The number of nitrogens with zero attached hydrogens (tertiary/aromatic N) is 1. The molecule has 0 atom stereocenters. The van der Waals surface area contributed by atoms with E-state index in [0.29, 0.717) is 11.4 Å². The van der Waals surface area contributed by atoms with E-state index in [-0.39, 0.29) is 11.0 Å². The zero-order valence-corrected chi connectivity index (χ0v) is 16.1. The van der Waals surface area contributed by atoms with Gasteiger partial charge in [0, 0.05) is 22.7 Å². The molecule has 1 heterocycles. The number of aryl methyl sites for hydroxylation is 1. The Morgan fingerprint density at radius 3 is 2.88 bits per heavy atom. The quantitative estimate of drug-likeness (QED) is 0.563. The number of fused-ring (bicyclic) bond motifs is 1. The molecule has 0 aliphatic carbocycles. The topological polar surface area (TPSA) is 69.8 Å². The number of H-pyrrole nitrogens is 1. The summed E-state index contributed by atoms with van der Waals surface area (Å²) in [6, 6.07) is 11.5. The third-order valence-electron chi connectivity index (χ3n) is 3.89. The van der Waals surface area contributed by atoms with Gasteiger partial charge in [-0.15, -0.1) is 0 Å². The molecule has 0 spiro atoms. The molecule has 0 aliphatic heterocycles. The molecule has 3 rings (SSSR count). The van der Waals surface area contributed by atoms with Crippen LogP contribution in [-0.2, 0) is 4.79 Å². The zero-order valence-electron chi connectivity index (χ0n) is 14.5. The largest absolute Gasteiger partial charge is 0.338 e. The van der Waals surface area contributed by atoms with Crippen molar-refractivity contribution >= 4 is 51.6 Å². The number of carbonyl (C=O) groups is 1. The SMILES string of the molecule is CCCC(=O)NC(=S)Nc1cccc(-c2nc3cc(Cl)c(C)cc3[nH]2)c1. The van der Waals surface area contributed by atoms with Crippen molar-refractivity contribution in [3.8, 4) is 11.4 Å². The van der Waals surface area contributed by atoms with E-state index in [1.54, 1.807) is 0 Å². The maximum absolute atomic E-state index is 11.6. The number of aromatic amines is 1. The number of halogens is 1. The van der Waals surface area contributed by atoms with Gasteiger partial charge in [-0.1, -0.05) is 30.7 Å². The molecule has 0 radical (unpaired) electrons. The smallest absolute Gasteiger partial charge is 0.226 e. The van der Waals surface area contributed by atoms with Crippen molar-refractivity contribution in [2.24, 2.45) is 0 Å². The molecule has 0 fully saturated rings. The Hall–Kier alpha value is -2.44. The number of hydrogen-bond acceptors (Lipinski definition) is 3. The number of benzene rings is 2. The number of hydrogen-bond donors (Lipinski definition) is 3. The van der Waals surface area contributed by atoms with E-state index in [1.165, 1.54) is 0 Å². The third-order valence-corrected chi connectivity index (χ3v) is 4.50. The van der Waals surface area contributed by atoms with Crippen LogP contribution in [0, 0.1) is 6.92 Å². The van der Waals surface area contributed by atoms with E-state index in [1.807, 2.05) is 50.2 Å². The van der Waals surface area contributed by atoms with Crippen LogP contribution in [0.2, 0.25) is 5.02 Å². The van der Waals surface area contributed by atoms with E-state index in [2.05, 4.69) is 20.6 Å². The summed E-state index contributed by atoms with van der Waals surface area (Å²) in [6.45, 7) is 3.90. The Labute approximate surface area is 162 Å². The molecule has 3 N–H and O–H groups in total. The minimum Gasteiger partial charge on any atom is -0.338 e. The lowest BCUT2D eigenvalue weighted by Gasteiger charge is -2.10. The van der Waals surface area contributed by atoms with Crippen LogP contribution in [-0.4, -0.2) is 21.0 Å². The van der Waals surface area contributed by atoms with Crippen LogP contribution in [0.1, 0.15) is 25.3 Å². The summed E-state index contributed by atoms with van der Waals surface area (Å²) < 4.78 is 0. The highest BCUT2D eigenvalue weighted by Crippen LogP contribution is 2.26. The van der Waals surface area contributed by atoms with Crippen molar-refractivity contribution in [1.29, 1.82) is 0 Å². The first-order valence-corrected chi connectivity index (χ1v) is 9.12. The summed E-state index contributed by atoms with van der Waals surface area (Å²) in [5, 5.41) is 6.67. The summed E-state index contributed by atoms with van der Waals surface area (Å²) in [7, 11) is 0. The Balaban J connectivity index is 1.81. The summed E-state index contributed by atoms with van der Waals surface area (Å²) in [5.74, 6) is 0.650. The number of amides is 1.